The molecule has 0 atom stereocenters. The van der Waals surface area contributed by atoms with E-state index in [9.17, 15) is 4.39 Å². The number of halogens is 1. The van der Waals surface area contributed by atoms with Crippen molar-refractivity contribution in [2.75, 3.05) is 67.2 Å². The van der Waals surface area contributed by atoms with Crippen LogP contribution in [0.3, 0.4) is 0 Å². The number of anilines is 3. The fourth-order valence-corrected chi connectivity index (χ4v) is 4.39. The van der Waals surface area contributed by atoms with Crippen molar-refractivity contribution in [2.45, 2.75) is 18.6 Å². The van der Waals surface area contributed by atoms with Gasteiger partial charge in [0.25, 0.3) is 0 Å². The van der Waals surface area contributed by atoms with Gasteiger partial charge in [0.05, 0.1) is 13.2 Å². The largest absolute Gasteiger partial charge is 0.368 e. The highest BCUT2D eigenvalue weighted by Crippen LogP contribution is 2.33. The first-order valence-electron chi connectivity index (χ1n) is 10.3. The number of benzene rings is 1. The van der Waals surface area contributed by atoms with Crippen molar-refractivity contribution in [3.8, 4) is 0 Å². The Labute approximate surface area is 170 Å². The third-order valence-electron chi connectivity index (χ3n) is 6.10. The van der Waals surface area contributed by atoms with E-state index < -0.39 is 0 Å². The SMILES string of the molecule is Fc1ccc(N2CCN(c3cc(N4CCC5(CC4)OCCO5)ncn3)CC2)cc1. The Bertz CT molecular complexity index is 825. The van der Waals surface area contributed by atoms with Crippen molar-refractivity contribution in [3.05, 3.63) is 42.5 Å². The molecule has 0 radical (unpaired) electrons. The lowest BCUT2D eigenvalue weighted by molar-refractivity contribution is -0.169. The van der Waals surface area contributed by atoms with E-state index in [4.69, 9.17) is 9.47 Å². The summed E-state index contributed by atoms with van der Waals surface area (Å²) >= 11 is 0. The summed E-state index contributed by atoms with van der Waals surface area (Å²) in [4.78, 5) is 15.9. The van der Waals surface area contributed by atoms with Crippen molar-refractivity contribution in [2.24, 2.45) is 0 Å². The molecule has 154 valence electrons. The Balaban J connectivity index is 1.21. The van der Waals surface area contributed by atoms with Gasteiger partial charge in [-0.05, 0) is 24.3 Å². The van der Waals surface area contributed by atoms with E-state index in [2.05, 4.69) is 30.7 Å². The summed E-state index contributed by atoms with van der Waals surface area (Å²) in [5.74, 6) is 1.35. The number of nitrogens with zero attached hydrogens (tertiary/aromatic N) is 5. The number of piperazine rings is 1. The summed E-state index contributed by atoms with van der Waals surface area (Å²) in [5.41, 5.74) is 1.06. The van der Waals surface area contributed by atoms with Crippen LogP contribution in [-0.2, 0) is 9.47 Å². The quantitative estimate of drug-likeness (QED) is 0.785. The molecule has 0 N–H and O–H groups in total. The molecule has 0 unspecified atom stereocenters. The highest BCUT2D eigenvalue weighted by molar-refractivity contribution is 5.53. The van der Waals surface area contributed by atoms with Crippen molar-refractivity contribution < 1.29 is 13.9 Å². The molecule has 3 aliphatic heterocycles. The van der Waals surface area contributed by atoms with Crippen LogP contribution in [0, 0.1) is 5.82 Å². The highest BCUT2D eigenvalue weighted by atomic mass is 19.1. The van der Waals surface area contributed by atoms with Gasteiger partial charge in [0.1, 0.15) is 23.8 Å². The molecule has 3 aliphatic rings. The first-order chi connectivity index (χ1) is 14.2. The summed E-state index contributed by atoms with van der Waals surface area (Å²) in [6, 6.07) is 8.80. The maximum Gasteiger partial charge on any atom is 0.171 e. The zero-order valence-electron chi connectivity index (χ0n) is 16.5. The Morgan fingerprint density at radius 3 is 1.93 bits per heavy atom. The molecule has 1 spiro atoms. The Morgan fingerprint density at radius 2 is 1.31 bits per heavy atom. The summed E-state index contributed by atoms with van der Waals surface area (Å²) in [5, 5.41) is 0. The minimum Gasteiger partial charge on any atom is -0.368 e. The molecule has 29 heavy (non-hydrogen) atoms. The van der Waals surface area contributed by atoms with Crippen molar-refractivity contribution in [3.63, 3.8) is 0 Å². The first-order valence-corrected chi connectivity index (χ1v) is 10.3. The van der Waals surface area contributed by atoms with Gasteiger partial charge in [-0.1, -0.05) is 0 Å². The van der Waals surface area contributed by atoms with E-state index in [1.807, 2.05) is 12.1 Å². The van der Waals surface area contributed by atoms with Gasteiger partial charge in [-0.3, -0.25) is 0 Å². The molecule has 1 aromatic carbocycles. The van der Waals surface area contributed by atoms with Crippen LogP contribution in [0.2, 0.25) is 0 Å². The lowest BCUT2D eigenvalue weighted by atomic mass is 10.0. The molecule has 5 rings (SSSR count). The normalized spacial score (nSPS) is 21.8. The fourth-order valence-electron chi connectivity index (χ4n) is 4.39. The number of hydrogen-bond donors (Lipinski definition) is 0. The molecule has 0 aliphatic carbocycles. The second-order valence-corrected chi connectivity index (χ2v) is 7.78. The summed E-state index contributed by atoms with van der Waals surface area (Å²) in [6.07, 6.45) is 3.38. The minimum absolute atomic E-state index is 0.199. The third-order valence-corrected chi connectivity index (χ3v) is 6.10. The second-order valence-electron chi connectivity index (χ2n) is 7.78. The number of piperidine rings is 1. The lowest BCUT2D eigenvalue weighted by Crippen LogP contribution is -2.47. The average molecular weight is 399 g/mol. The summed E-state index contributed by atoms with van der Waals surface area (Å²) < 4.78 is 24.8. The molecule has 2 aromatic rings. The van der Waals surface area contributed by atoms with E-state index in [1.165, 1.54) is 12.1 Å². The molecule has 0 saturated carbocycles. The predicted octanol–water partition coefficient (Wildman–Crippen LogP) is 2.29. The van der Waals surface area contributed by atoms with Gasteiger partial charge < -0.3 is 24.2 Å². The molecule has 4 heterocycles. The van der Waals surface area contributed by atoms with Crippen molar-refractivity contribution in [1.82, 2.24) is 9.97 Å². The average Bonchev–Trinajstić information content (AvgIpc) is 3.23. The van der Waals surface area contributed by atoms with Crippen LogP contribution in [0.15, 0.2) is 36.7 Å². The smallest absolute Gasteiger partial charge is 0.171 e. The topological polar surface area (TPSA) is 54.0 Å². The zero-order chi connectivity index (χ0) is 19.7. The maximum absolute atomic E-state index is 13.2. The van der Waals surface area contributed by atoms with E-state index in [0.717, 1.165) is 69.4 Å². The number of aromatic nitrogens is 2. The standard InChI is InChI=1S/C21H26FN5O2/c22-17-1-3-18(4-2-17)25-9-11-27(12-10-25)20-15-19(23-16-24-20)26-7-5-21(6-8-26)28-13-14-29-21/h1-4,15-16H,5-14H2. The number of ether oxygens (including phenoxy) is 2. The monoisotopic (exact) mass is 399 g/mol. The molecule has 0 amide bonds. The fraction of sp³-hybridized carbons (Fsp3) is 0.524. The molecule has 0 bridgehead atoms. The summed E-state index contributed by atoms with van der Waals surface area (Å²) in [6.45, 7) is 6.64. The number of rotatable bonds is 3. The van der Waals surface area contributed by atoms with Gasteiger partial charge in [-0.2, -0.15) is 0 Å². The Morgan fingerprint density at radius 1 is 0.759 bits per heavy atom. The van der Waals surface area contributed by atoms with Gasteiger partial charge in [0.15, 0.2) is 5.79 Å². The Kier molecular flexibility index (Phi) is 4.97. The lowest BCUT2D eigenvalue weighted by Gasteiger charge is -2.39. The second kappa shape index (κ2) is 7.76. The molecule has 8 heteroatoms. The van der Waals surface area contributed by atoms with Crippen LogP contribution in [-0.4, -0.2) is 68.2 Å². The van der Waals surface area contributed by atoms with Crippen LogP contribution >= 0.6 is 0 Å². The van der Waals surface area contributed by atoms with Crippen LogP contribution < -0.4 is 14.7 Å². The maximum atomic E-state index is 13.2. The highest BCUT2D eigenvalue weighted by Gasteiger charge is 2.40. The molecular weight excluding hydrogens is 373 g/mol. The van der Waals surface area contributed by atoms with Crippen LogP contribution in [0.5, 0.6) is 0 Å². The van der Waals surface area contributed by atoms with Crippen LogP contribution in [0.25, 0.3) is 0 Å². The van der Waals surface area contributed by atoms with Gasteiger partial charge in [0.2, 0.25) is 0 Å². The molecule has 7 nitrogen and oxygen atoms in total. The predicted molar refractivity (Wildman–Crippen MR) is 109 cm³/mol. The molecule has 1 aromatic heterocycles. The van der Waals surface area contributed by atoms with Crippen molar-refractivity contribution in [1.29, 1.82) is 0 Å². The summed E-state index contributed by atoms with van der Waals surface area (Å²) in [7, 11) is 0. The van der Waals surface area contributed by atoms with Gasteiger partial charge in [-0.25, -0.2) is 14.4 Å². The van der Waals surface area contributed by atoms with Crippen LogP contribution in [0.1, 0.15) is 12.8 Å². The molecule has 3 saturated heterocycles. The minimum atomic E-state index is -0.372. The third kappa shape index (κ3) is 3.86. The Hall–Kier alpha value is -2.45. The number of hydrogen-bond acceptors (Lipinski definition) is 7. The van der Waals surface area contributed by atoms with Crippen molar-refractivity contribution >= 4 is 17.3 Å². The zero-order valence-corrected chi connectivity index (χ0v) is 16.5. The van der Waals surface area contributed by atoms with Gasteiger partial charge in [0, 0.05) is 63.9 Å². The van der Waals surface area contributed by atoms with Gasteiger partial charge >= 0.3 is 0 Å². The first kappa shape index (κ1) is 18.6. The van der Waals surface area contributed by atoms with E-state index >= 15 is 0 Å². The molecular formula is C21H26FN5O2. The van der Waals surface area contributed by atoms with E-state index in [1.54, 1.807) is 6.33 Å². The van der Waals surface area contributed by atoms with Gasteiger partial charge in [-0.15, -0.1) is 0 Å². The van der Waals surface area contributed by atoms with E-state index in [-0.39, 0.29) is 11.6 Å². The van der Waals surface area contributed by atoms with Crippen LogP contribution in [0.4, 0.5) is 21.7 Å². The van der Waals surface area contributed by atoms with E-state index in [0.29, 0.717) is 13.2 Å². The molecule has 3 fully saturated rings.